The first-order valence-electron chi connectivity index (χ1n) is 5.56. The highest BCUT2D eigenvalue weighted by Crippen LogP contribution is 2.12. The van der Waals surface area contributed by atoms with Gasteiger partial charge in [-0.15, -0.1) is 0 Å². The first-order valence-corrected chi connectivity index (χ1v) is 5.56. The number of benzene rings is 1. The van der Waals surface area contributed by atoms with Crippen molar-refractivity contribution in [3.63, 3.8) is 0 Å². The molecule has 0 saturated carbocycles. The fourth-order valence-corrected chi connectivity index (χ4v) is 1.67. The van der Waals surface area contributed by atoms with Crippen LogP contribution in [0.3, 0.4) is 0 Å². The lowest BCUT2D eigenvalue weighted by Crippen LogP contribution is -2.37. The number of ether oxygens (including phenoxy) is 1. The summed E-state index contributed by atoms with van der Waals surface area (Å²) in [4.78, 5) is 0. The zero-order valence-electron chi connectivity index (χ0n) is 9.88. The second-order valence-corrected chi connectivity index (χ2v) is 3.95. The van der Waals surface area contributed by atoms with Crippen molar-refractivity contribution in [1.82, 2.24) is 5.43 Å². The molecule has 0 aromatic heterocycles. The minimum atomic E-state index is -0.828. The lowest BCUT2D eigenvalue weighted by molar-refractivity contribution is 0.188. The van der Waals surface area contributed by atoms with Crippen molar-refractivity contribution >= 4 is 0 Å². The third kappa shape index (κ3) is 4.77. The van der Waals surface area contributed by atoms with Crippen molar-refractivity contribution in [2.75, 3.05) is 13.7 Å². The van der Waals surface area contributed by atoms with Gasteiger partial charge in [-0.1, -0.05) is 6.07 Å². The normalized spacial score (nSPS) is 12.7. The number of rotatable bonds is 7. The average molecular weight is 244 g/mol. The second-order valence-electron chi connectivity index (χ2n) is 3.95. The van der Waals surface area contributed by atoms with Crippen LogP contribution in [0.1, 0.15) is 18.4 Å². The van der Waals surface area contributed by atoms with Gasteiger partial charge in [-0.25, -0.2) is 8.78 Å². The maximum Gasteiger partial charge on any atom is 0.159 e. The Morgan fingerprint density at radius 2 is 2.12 bits per heavy atom. The number of hydrogen-bond acceptors (Lipinski definition) is 3. The van der Waals surface area contributed by atoms with E-state index in [1.54, 1.807) is 13.2 Å². The van der Waals surface area contributed by atoms with E-state index in [9.17, 15) is 8.78 Å². The Bertz CT molecular complexity index is 347. The number of hydrazine groups is 1. The van der Waals surface area contributed by atoms with Crippen LogP contribution in [0, 0.1) is 11.6 Å². The van der Waals surface area contributed by atoms with Crippen molar-refractivity contribution in [3.05, 3.63) is 35.4 Å². The number of nitrogens with two attached hydrogens (primary N) is 1. The summed E-state index contributed by atoms with van der Waals surface area (Å²) < 4.78 is 30.7. The maximum absolute atomic E-state index is 13.0. The zero-order valence-corrected chi connectivity index (χ0v) is 9.88. The zero-order chi connectivity index (χ0) is 12.7. The van der Waals surface area contributed by atoms with E-state index in [4.69, 9.17) is 10.6 Å². The highest BCUT2D eigenvalue weighted by Gasteiger charge is 2.09. The van der Waals surface area contributed by atoms with Gasteiger partial charge in [0.25, 0.3) is 0 Å². The third-order valence-electron chi connectivity index (χ3n) is 2.60. The van der Waals surface area contributed by atoms with Crippen molar-refractivity contribution in [2.24, 2.45) is 5.84 Å². The van der Waals surface area contributed by atoms with Crippen LogP contribution >= 0.6 is 0 Å². The Labute approximate surface area is 99.9 Å². The third-order valence-corrected chi connectivity index (χ3v) is 2.60. The van der Waals surface area contributed by atoms with Gasteiger partial charge in [0, 0.05) is 19.8 Å². The van der Waals surface area contributed by atoms with E-state index in [1.165, 1.54) is 6.07 Å². The molecule has 3 nitrogen and oxygen atoms in total. The van der Waals surface area contributed by atoms with E-state index in [1.807, 2.05) is 0 Å². The molecule has 5 heteroatoms. The SMILES string of the molecule is COCCCC(Cc1ccc(F)c(F)c1)NN. The molecule has 0 fully saturated rings. The van der Waals surface area contributed by atoms with Crippen LogP contribution in [-0.2, 0) is 11.2 Å². The molecule has 0 saturated heterocycles. The molecule has 1 unspecified atom stereocenters. The lowest BCUT2D eigenvalue weighted by Gasteiger charge is -2.15. The largest absolute Gasteiger partial charge is 0.385 e. The van der Waals surface area contributed by atoms with Gasteiger partial charge in [-0.2, -0.15) is 0 Å². The van der Waals surface area contributed by atoms with Crippen molar-refractivity contribution < 1.29 is 13.5 Å². The molecule has 17 heavy (non-hydrogen) atoms. The summed E-state index contributed by atoms with van der Waals surface area (Å²) in [5.74, 6) is 3.76. The van der Waals surface area contributed by atoms with Crippen LogP contribution in [-0.4, -0.2) is 19.8 Å². The average Bonchev–Trinajstić information content (AvgIpc) is 2.32. The van der Waals surface area contributed by atoms with Gasteiger partial charge in [-0.05, 0) is 37.0 Å². The molecule has 0 radical (unpaired) electrons. The molecule has 0 bridgehead atoms. The van der Waals surface area contributed by atoms with Crippen molar-refractivity contribution in [1.29, 1.82) is 0 Å². The van der Waals surface area contributed by atoms with Gasteiger partial charge in [0.05, 0.1) is 0 Å². The first-order chi connectivity index (χ1) is 8.17. The molecule has 0 aliphatic heterocycles. The Hall–Kier alpha value is -1.04. The quantitative estimate of drug-likeness (QED) is 0.436. The molecule has 1 aromatic carbocycles. The van der Waals surface area contributed by atoms with E-state index >= 15 is 0 Å². The fourth-order valence-electron chi connectivity index (χ4n) is 1.67. The molecule has 0 aliphatic carbocycles. The van der Waals surface area contributed by atoms with E-state index in [0.717, 1.165) is 24.5 Å². The number of halogens is 2. The smallest absolute Gasteiger partial charge is 0.159 e. The Morgan fingerprint density at radius 1 is 1.35 bits per heavy atom. The lowest BCUT2D eigenvalue weighted by atomic mass is 10.0. The molecule has 3 N–H and O–H groups in total. The van der Waals surface area contributed by atoms with Crippen molar-refractivity contribution in [2.45, 2.75) is 25.3 Å². The number of methoxy groups -OCH3 is 1. The van der Waals surface area contributed by atoms with Crippen LogP contribution in [0.2, 0.25) is 0 Å². The molecule has 1 rings (SSSR count). The minimum absolute atomic E-state index is 0.0370. The first kappa shape index (κ1) is 14.0. The van der Waals surface area contributed by atoms with Gasteiger partial charge >= 0.3 is 0 Å². The Kier molecular flexibility index (Phi) is 6.04. The summed E-state index contributed by atoms with van der Waals surface area (Å²) in [5, 5.41) is 0. The van der Waals surface area contributed by atoms with Crippen LogP contribution in [0.25, 0.3) is 0 Å². The molecule has 0 heterocycles. The highest BCUT2D eigenvalue weighted by molar-refractivity contribution is 5.18. The predicted octanol–water partition coefficient (Wildman–Crippen LogP) is 1.77. The monoisotopic (exact) mass is 244 g/mol. The molecule has 96 valence electrons. The summed E-state index contributed by atoms with van der Waals surface area (Å²) in [6.45, 7) is 0.663. The number of hydrogen-bond donors (Lipinski definition) is 2. The van der Waals surface area contributed by atoms with E-state index in [0.29, 0.717) is 13.0 Å². The molecule has 0 amide bonds. The highest BCUT2D eigenvalue weighted by atomic mass is 19.2. The number of nitrogens with one attached hydrogen (secondary N) is 1. The molecular weight excluding hydrogens is 226 g/mol. The molecule has 0 aliphatic rings. The van der Waals surface area contributed by atoms with Gasteiger partial charge in [-0.3, -0.25) is 11.3 Å². The molecule has 0 spiro atoms. The van der Waals surface area contributed by atoms with Crippen LogP contribution in [0.5, 0.6) is 0 Å². The van der Waals surface area contributed by atoms with Gasteiger partial charge < -0.3 is 4.74 Å². The van der Waals surface area contributed by atoms with Gasteiger partial charge in [0.2, 0.25) is 0 Å². The summed E-state index contributed by atoms with van der Waals surface area (Å²) in [5.41, 5.74) is 3.40. The summed E-state index contributed by atoms with van der Waals surface area (Å²) >= 11 is 0. The summed E-state index contributed by atoms with van der Waals surface area (Å²) in [7, 11) is 1.64. The van der Waals surface area contributed by atoms with Gasteiger partial charge in [0.15, 0.2) is 11.6 Å². The van der Waals surface area contributed by atoms with E-state index in [2.05, 4.69) is 5.43 Å². The molecule has 1 aromatic rings. The van der Waals surface area contributed by atoms with Crippen LogP contribution < -0.4 is 11.3 Å². The molecular formula is C12H18F2N2O. The fraction of sp³-hybridized carbons (Fsp3) is 0.500. The molecule has 1 atom stereocenters. The summed E-state index contributed by atoms with van der Waals surface area (Å²) in [6.07, 6.45) is 2.26. The summed E-state index contributed by atoms with van der Waals surface area (Å²) in [6, 6.07) is 3.94. The Balaban J connectivity index is 2.51. The van der Waals surface area contributed by atoms with E-state index < -0.39 is 11.6 Å². The van der Waals surface area contributed by atoms with Crippen molar-refractivity contribution in [3.8, 4) is 0 Å². The second kappa shape index (κ2) is 7.32. The maximum atomic E-state index is 13.0. The topological polar surface area (TPSA) is 47.3 Å². The van der Waals surface area contributed by atoms with Crippen LogP contribution in [0.15, 0.2) is 18.2 Å². The standard InChI is InChI=1S/C12H18F2N2O/c1-17-6-2-3-10(16-15)7-9-4-5-11(13)12(14)8-9/h4-5,8,10,16H,2-3,6-7,15H2,1H3. The Morgan fingerprint density at radius 3 is 2.71 bits per heavy atom. The van der Waals surface area contributed by atoms with Crippen LogP contribution in [0.4, 0.5) is 8.78 Å². The van der Waals surface area contributed by atoms with Gasteiger partial charge in [0.1, 0.15) is 0 Å². The minimum Gasteiger partial charge on any atom is -0.385 e. The predicted molar refractivity (Wildman–Crippen MR) is 62.3 cm³/mol. The van der Waals surface area contributed by atoms with E-state index in [-0.39, 0.29) is 6.04 Å².